The van der Waals surface area contributed by atoms with Gasteiger partial charge in [-0.1, -0.05) is 24.6 Å². The zero-order chi connectivity index (χ0) is 15.9. The highest BCUT2D eigenvalue weighted by molar-refractivity contribution is 6.30. The third-order valence-electron chi connectivity index (χ3n) is 3.52. The van der Waals surface area contributed by atoms with Gasteiger partial charge in [0.1, 0.15) is 17.0 Å². The van der Waals surface area contributed by atoms with Crippen molar-refractivity contribution in [1.29, 1.82) is 0 Å². The Balaban J connectivity index is 2.44. The summed E-state index contributed by atoms with van der Waals surface area (Å²) in [5.74, 6) is 0.00918. The molecule has 112 valence electrons. The zero-order valence-electron chi connectivity index (χ0n) is 12.2. The summed E-state index contributed by atoms with van der Waals surface area (Å²) in [7, 11) is 0. The Hall–Kier alpha value is -2.20. The Morgan fingerprint density at radius 3 is 2.73 bits per heavy atom. The van der Waals surface area contributed by atoms with Crippen LogP contribution in [0.5, 0.6) is 0 Å². The van der Waals surface area contributed by atoms with Crippen LogP contribution in [-0.4, -0.2) is 9.55 Å². The summed E-state index contributed by atoms with van der Waals surface area (Å²) in [6, 6.07) is 9.79. The average molecular weight is 317 g/mol. The highest BCUT2D eigenvalue weighted by Gasteiger charge is 2.15. The molecule has 0 fully saturated rings. The number of rotatable bonds is 2. The molecular formula is C17H14ClFN2O. The number of hydrogen-bond donors (Lipinski definition) is 0. The maximum absolute atomic E-state index is 14.1. The molecule has 0 saturated carbocycles. The standard InChI is InChI=1S/C17H14ClFN2O/c1-3-15-20-14-6-4-5-13(19)16(14)17(22)21(15)12-8-10(2)7-11(18)9-12/h4-9H,3H2,1-2H3. The molecule has 5 heteroatoms. The first kappa shape index (κ1) is 14.7. The van der Waals surface area contributed by atoms with Gasteiger partial charge in [0.2, 0.25) is 0 Å². The van der Waals surface area contributed by atoms with Gasteiger partial charge in [-0.25, -0.2) is 9.37 Å². The van der Waals surface area contributed by atoms with Crippen molar-refractivity contribution in [3.05, 3.63) is 69.0 Å². The summed E-state index contributed by atoms with van der Waals surface area (Å²) < 4.78 is 15.5. The van der Waals surface area contributed by atoms with Crippen LogP contribution in [0.25, 0.3) is 16.6 Å². The maximum Gasteiger partial charge on any atom is 0.268 e. The Bertz CT molecular complexity index is 914. The van der Waals surface area contributed by atoms with Crippen molar-refractivity contribution in [2.24, 2.45) is 0 Å². The second-order valence-electron chi connectivity index (χ2n) is 5.14. The second-order valence-corrected chi connectivity index (χ2v) is 5.58. The minimum atomic E-state index is -0.565. The highest BCUT2D eigenvalue weighted by atomic mass is 35.5. The molecule has 0 spiro atoms. The number of benzene rings is 2. The molecule has 0 N–H and O–H groups in total. The van der Waals surface area contributed by atoms with Gasteiger partial charge in [0.05, 0.1) is 11.2 Å². The summed E-state index contributed by atoms with van der Waals surface area (Å²) >= 11 is 6.09. The normalized spacial score (nSPS) is 11.1. The topological polar surface area (TPSA) is 34.9 Å². The van der Waals surface area contributed by atoms with Crippen LogP contribution in [0, 0.1) is 12.7 Å². The predicted molar refractivity (Wildman–Crippen MR) is 86.4 cm³/mol. The van der Waals surface area contributed by atoms with Crippen LogP contribution in [0.3, 0.4) is 0 Å². The molecule has 0 aliphatic rings. The van der Waals surface area contributed by atoms with E-state index in [1.807, 2.05) is 19.9 Å². The van der Waals surface area contributed by atoms with E-state index in [1.54, 1.807) is 24.3 Å². The van der Waals surface area contributed by atoms with Crippen molar-refractivity contribution in [3.63, 3.8) is 0 Å². The van der Waals surface area contributed by atoms with Crippen LogP contribution < -0.4 is 5.56 Å². The van der Waals surface area contributed by atoms with Gasteiger partial charge >= 0.3 is 0 Å². The minimum absolute atomic E-state index is 0.00247. The molecule has 2 aromatic carbocycles. The van der Waals surface area contributed by atoms with Crippen molar-refractivity contribution in [2.75, 3.05) is 0 Å². The molecule has 22 heavy (non-hydrogen) atoms. The third kappa shape index (κ3) is 2.40. The fourth-order valence-corrected chi connectivity index (χ4v) is 2.87. The molecule has 3 nitrogen and oxygen atoms in total. The molecule has 0 amide bonds. The van der Waals surface area contributed by atoms with E-state index in [2.05, 4.69) is 4.98 Å². The maximum atomic E-state index is 14.1. The Morgan fingerprint density at radius 1 is 1.27 bits per heavy atom. The van der Waals surface area contributed by atoms with Crippen molar-refractivity contribution >= 4 is 22.5 Å². The van der Waals surface area contributed by atoms with Crippen molar-refractivity contribution in [3.8, 4) is 5.69 Å². The summed E-state index contributed by atoms with van der Waals surface area (Å²) in [5, 5.41) is 0.523. The van der Waals surface area contributed by atoms with Crippen LogP contribution in [0.1, 0.15) is 18.3 Å². The molecule has 0 saturated heterocycles. The van der Waals surface area contributed by atoms with Gasteiger partial charge in [0.15, 0.2) is 0 Å². The minimum Gasteiger partial charge on any atom is -0.268 e. The molecule has 1 aromatic heterocycles. The first-order chi connectivity index (χ1) is 10.5. The van der Waals surface area contributed by atoms with Gasteiger partial charge in [-0.3, -0.25) is 9.36 Å². The van der Waals surface area contributed by atoms with Crippen molar-refractivity contribution in [2.45, 2.75) is 20.3 Å². The summed E-state index contributed by atoms with van der Waals surface area (Å²) in [6.07, 6.45) is 0.549. The van der Waals surface area contributed by atoms with E-state index in [4.69, 9.17) is 11.6 Å². The lowest BCUT2D eigenvalue weighted by atomic mass is 10.2. The van der Waals surface area contributed by atoms with Crippen LogP contribution in [0.2, 0.25) is 5.02 Å². The number of nitrogens with zero attached hydrogens (tertiary/aromatic N) is 2. The Labute approximate surface area is 132 Å². The number of aryl methyl sites for hydroxylation is 2. The van der Waals surface area contributed by atoms with Crippen molar-refractivity contribution < 1.29 is 4.39 Å². The average Bonchev–Trinajstić information content (AvgIpc) is 2.45. The molecule has 3 rings (SSSR count). The van der Waals surface area contributed by atoms with Gasteiger partial charge in [0, 0.05) is 11.4 Å². The van der Waals surface area contributed by atoms with E-state index in [-0.39, 0.29) is 5.39 Å². The molecular weight excluding hydrogens is 303 g/mol. The molecule has 1 heterocycles. The first-order valence-corrected chi connectivity index (χ1v) is 7.36. The van der Waals surface area contributed by atoms with E-state index in [9.17, 15) is 9.18 Å². The van der Waals surface area contributed by atoms with Gasteiger partial charge in [-0.2, -0.15) is 0 Å². The molecule has 0 atom stereocenters. The smallest absolute Gasteiger partial charge is 0.268 e. The van der Waals surface area contributed by atoms with Gasteiger partial charge < -0.3 is 0 Å². The fourth-order valence-electron chi connectivity index (χ4n) is 2.59. The molecule has 0 aliphatic carbocycles. The summed E-state index contributed by atoms with van der Waals surface area (Å²) in [6.45, 7) is 3.79. The fraction of sp³-hybridized carbons (Fsp3) is 0.176. The monoisotopic (exact) mass is 316 g/mol. The largest absolute Gasteiger partial charge is 0.268 e. The van der Waals surface area contributed by atoms with Crippen LogP contribution in [-0.2, 0) is 6.42 Å². The highest BCUT2D eigenvalue weighted by Crippen LogP contribution is 2.20. The van der Waals surface area contributed by atoms with Gasteiger partial charge in [-0.15, -0.1) is 0 Å². The van der Waals surface area contributed by atoms with Gasteiger partial charge in [-0.05, 0) is 42.8 Å². The summed E-state index contributed by atoms with van der Waals surface area (Å²) in [4.78, 5) is 17.2. The van der Waals surface area contributed by atoms with E-state index in [0.717, 1.165) is 5.56 Å². The molecule has 3 aromatic rings. The lowest BCUT2D eigenvalue weighted by molar-refractivity contribution is 0.636. The number of hydrogen-bond acceptors (Lipinski definition) is 2. The van der Waals surface area contributed by atoms with E-state index in [0.29, 0.717) is 28.5 Å². The summed E-state index contributed by atoms with van der Waals surface area (Å²) in [5.41, 5.74) is 1.48. The molecule has 0 bridgehead atoms. The third-order valence-corrected chi connectivity index (χ3v) is 3.74. The van der Waals surface area contributed by atoms with E-state index in [1.165, 1.54) is 10.6 Å². The lowest BCUT2D eigenvalue weighted by Crippen LogP contribution is -2.24. The SMILES string of the molecule is CCc1nc2cccc(F)c2c(=O)n1-c1cc(C)cc(Cl)c1. The second kappa shape index (κ2) is 5.54. The number of fused-ring (bicyclic) bond motifs is 1. The van der Waals surface area contributed by atoms with Crippen molar-refractivity contribution in [1.82, 2.24) is 9.55 Å². The van der Waals surface area contributed by atoms with Crippen LogP contribution in [0.4, 0.5) is 4.39 Å². The van der Waals surface area contributed by atoms with E-state index >= 15 is 0 Å². The molecule has 0 unspecified atom stereocenters. The van der Waals surface area contributed by atoms with Crippen LogP contribution in [0.15, 0.2) is 41.2 Å². The Kier molecular flexibility index (Phi) is 3.71. The zero-order valence-corrected chi connectivity index (χ0v) is 13.0. The van der Waals surface area contributed by atoms with Gasteiger partial charge in [0.25, 0.3) is 5.56 Å². The number of halogens is 2. The quantitative estimate of drug-likeness (QED) is 0.715. The predicted octanol–water partition coefficient (Wildman–Crippen LogP) is 4.05. The van der Waals surface area contributed by atoms with E-state index < -0.39 is 11.4 Å². The number of aromatic nitrogens is 2. The first-order valence-electron chi connectivity index (χ1n) is 6.99. The molecule has 0 radical (unpaired) electrons. The lowest BCUT2D eigenvalue weighted by Gasteiger charge is -2.13. The Morgan fingerprint density at radius 2 is 2.05 bits per heavy atom. The molecule has 0 aliphatic heterocycles. The van der Waals surface area contributed by atoms with Crippen LogP contribution >= 0.6 is 11.6 Å².